The molecule has 5 heteroatoms. The molecule has 2 heterocycles. The molecule has 0 bridgehead atoms. The van der Waals surface area contributed by atoms with E-state index in [0.717, 1.165) is 43.6 Å². The number of hydrogen-bond acceptors (Lipinski definition) is 5. The van der Waals surface area contributed by atoms with Crippen molar-refractivity contribution in [2.24, 2.45) is 0 Å². The molecule has 0 amide bonds. The number of rotatable bonds is 4. The Morgan fingerprint density at radius 2 is 1.67 bits per heavy atom. The van der Waals surface area contributed by atoms with Crippen LogP contribution in [0.1, 0.15) is 24.2 Å². The molecule has 1 aliphatic rings. The second-order valence-electron chi connectivity index (χ2n) is 6.67. The molecule has 0 radical (unpaired) electrons. The predicted molar refractivity (Wildman–Crippen MR) is 99.7 cm³/mol. The Bertz CT molecular complexity index is 663. The summed E-state index contributed by atoms with van der Waals surface area (Å²) in [5, 5.41) is 0. The molecule has 128 valence electrons. The van der Waals surface area contributed by atoms with Crippen LogP contribution in [0.3, 0.4) is 0 Å². The third-order valence-electron chi connectivity index (χ3n) is 4.70. The quantitative estimate of drug-likeness (QED) is 0.864. The van der Waals surface area contributed by atoms with E-state index >= 15 is 0 Å². The van der Waals surface area contributed by atoms with Crippen molar-refractivity contribution in [2.75, 3.05) is 50.1 Å². The van der Waals surface area contributed by atoms with Crippen LogP contribution in [0.15, 0.2) is 36.4 Å². The van der Waals surface area contributed by atoms with E-state index in [9.17, 15) is 0 Å². The molecule has 24 heavy (non-hydrogen) atoms. The summed E-state index contributed by atoms with van der Waals surface area (Å²) in [5.74, 6) is 1.82. The van der Waals surface area contributed by atoms with Gasteiger partial charge >= 0.3 is 0 Å². The van der Waals surface area contributed by atoms with Crippen LogP contribution in [0.25, 0.3) is 0 Å². The molecule has 0 spiro atoms. The third kappa shape index (κ3) is 3.67. The summed E-state index contributed by atoms with van der Waals surface area (Å²) in [6.45, 7) is 8.43. The molecule has 1 fully saturated rings. The van der Waals surface area contributed by atoms with Gasteiger partial charge in [-0.05, 0) is 19.4 Å². The molecule has 1 saturated heterocycles. The van der Waals surface area contributed by atoms with Gasteiger partial charge in [0.05, 0.1) is 0 Å². The molecule has 0 saturated carbocycles. The van der Waals surface area contributed by atoms with Crippen molar-refractivity contribution in [3.63, 3.8) is 0 Å². The Balaban J connectivity index is 1.67. The van der Waals surface area contributed by atoms with Crippen LogP contribution < -0.4 is 9.80 Å². The minimum absolute atomic E-state index is 0.456. The van der Waals surface area contributed by atoms with Crippen LogP contribution in [0.2, 0.25) is 0 Å². The number of nitrogens with zero attached hydrogens (tertiary/aromatic N) is 5. The lowest BCUT2D eigenvalue weighted by Gasteiger charge is -2.39. The number of hydrogen-bond donors (Lipinski definition) is 0. The van der Waals surface area contributed by atoms with Crippen LogP contribution in [0.5, 0.6) is 0 Å². The van der Waals surface area contributed by atoms with Crippen LogP contribution in [-0.2, 0) is 0 Å². The van der Waals surface area contributed by atoms with Gasteiger partial charge in [-0.3, -0.25) is 4.90 Å². The predicted octanol–water partition coefficient (Wildman–Crippen LogP) is 2.73. The highest BCUT2D eigenvalue weighted by atomic mass is 15.3. The van der Waals surface area contributed by atoms with Gasteiger partial charge in [-0.15, -0.1) is 0 Å². The number of aryl methyl sites for hydroxylation is 1. The average molecular weight is 325 g/mol. The third-order valence-corrected chi connectivity index (χ3v) is 4.70. The van der Waals surface area contributed by atoms with E-state index in [1.54, 1.807) is 0 Å². The summed E-state index contributed by atoms with van der Waals surface area (Å²) in [7, 11) is 3.97. The zero-order valence-corrected chi connectivity index (χ0v) is 15.1. The fourth-order valence-electron chi connectivity index (χ4n) is 3.18. The molecule has 0 N–H and O–H groups in total. The lowest BCUT2D eigenvalue weighted by molar-refractivity contribution is 0.198. The number of aromatic nitrogens is 2. The molecular formula is C19H27N5. The Morgan fingerprint density at radius 1 is 1.00 bits per heavy atom. The van der Waals surface area contributed by atoms with Crippen molar-refractivity contribution < 1.29 is 0 Å². The Hall–Kier alpha value is -2.14. The van der Waals surface area contributed by atoms with Crippen molar-refractivity contribution in [2.45, 2.75) is 19.9 Å². The van der Waals surface area contributed by atoms with Crippen LogP contribution in [-0.4, -0.2) is 55.1 Å². The molecule has 1 aromatic heterocycles. The SMILES string of the molecule is Cc1cc(N2CCN(C(C)c3ccccc3)CC2)nc(N(C)C)n1. The van der Waals surface area contributed by atoms with E-state index in [2.05, 4.69) is 58.1 Å². The van der Waals surface area contributed by atoms with Crippen LogP contribution in [0, 0.1) is 6.92 Å². The molecule has 2 aromatic rings. The van der Waals surface area contributed by atoms with Crippen LogP contribution in [0.4, 0.5) is 11.8 Å². The number of benzene rings is 1. The smallest absolute Gasteiger partial charge is 0.226 e. The number of piperazine rings is 1. The first-order chi connectivity index (χ1) is 11.5. The summed E-state index contributed by atoms with van der Waals surface area (Å²) in [6, 6.07) is 13.3. The first-order valence-electron chi connectivity index (χ1n) is 8.61. The van der Waals surface area contributed by atoms with Gasteiger partial charge in [0.1, 0.15) is 5.82 Å². The fraction of sp³-hybridized carbons (Fsp3) is 0.474. The van der Waals surface area contributed by atoms with E-state index < -0.39 is 0 Å². The monoisotopic (exact) mass is 325 g/mol. The summed E-state index contributed by atoms with van der Waals surface area (Å²) in [6.07, 6.45) is 0. The molecular weight excluding hydrogens is 298 g/mol. The van der Waals surface area contributed by atoms with E-state index in [-0.39, 0.29) is 0 Å². The molecule has 5 nitrogen and oxygen atoms in total. The maximum Gasteiger partial charge on any atom is 0.226 e. The maximum absolute atomic E-state index is 4.71. The van der Waals surface area contributed by atoms with Gasteiger partial charge in [-0.1, -0.05) is 30.3 Å². The van der Waals surface area contributed by atoms with Gasteiger partial charge in [0, 0.05) is 58.1 Å². The largest absolute Gasteiger partial charge is 0.354 e. The van der Waals surface area contributed by atoms with Crippen molar-refractivity contribution in [1.82, 2.24) is 14.9 Å². The molecule has 3 rings (SSSR count). The highest BCUT2D eigenvalue weighted by Gasteiger charge is 2.23. The minimum Gasteiger partial charge on any atom is -0.354 e. The zero-order valence-electron chi connectivity index (χ0n) is 15.1. The highest BCUT2D eigenvalue weighted by molar-refractivity contribution is 5.45. The highest BCUT2D eigenvalue weighted by Crippen LogP contribution is 2.23. The normalized spacial score (nSPS) is 16.9. The van der Waals surface area contributed by atoms with E-state index in [1.165, 1.54) is 5.56 Å². The summed E-state index contributed by atoms with van der Waals surface area (Å²) in [5.41, 5.74) is 2.41. The molecule has 1 atom stereocenters. The molecule has 1 aromatic carbocycles. The second-order valence-corrected chi connectivity index (χ2v) is 6.67. The van der Waals surface area contributed by atoms with Crippen molar-refractivity contribution in [3.05, 3.63) is 47.7 Å². The summed E-state index contributed by atoms with van der Waals surface area (Å²) in [4.78, 5) is 16.1. The Kier molecular flexibility index (Phi) is 5.00. The standard InChI is InChI=1S/C19H27N5/c1-15-14-18(21-19(20-15)22(3)4)24-12-10-23(11-13-24)16(2)17-8-6-5-7-9-17/h5-9,14,16H,10-13H2,1-4H3. The second kappa shape index (κ2) is 7.18. The van der Waals surface area contributed by atoms with Gasteiger partial charge in [0.15, 0.2) is 0 Å². The van der Waals surface area contributed by atoms with Gasteiger partial charge < -0.3 is 9.80 Å². The van der Waals surface area contributed by atoms with E-state index in [4.69, 9.17) is 4.98 Å². The van der Waals surface area contributed by atoms with Crippen molar-refractivity contribution in [3.8, 4) is 0 Å². The van der Waals surface area contributed by atoms with Crippen LogP contribution >= 0.6 is 0 Å². The minimum atomic E-state index is 0.456. The van der Waals surface area contributed by atoms with E-state index in [1.807, 2.05) is 25.9 Å². The topological polar surface area (TPSA) is 35.5 Å². The molecule has 1 unspecified atom stereocenters. The fourth-order valence-corrected chi connectivity index (χ4v) is 3.18. The van der Waals surface area contributed by atoms with Crippen molar-refractivity contribution >= 4 is 11.8 Å². The summed E-state index contributed by atoms with van der Waals surface area (Å²) < 4.78 is 0. The molecule has 0 aliphatic carbocycles. The van der Waals surface area contributed by atoms with Crippen molar-refractivity contribution in [1.29, 1.82) is 0 Å². The zero-order chi connectivity index (χ0) is 17.1. The first-order valence-corrected chi connectivity index (χ1v) is 8.61. The lowest BCUT2D eigenvalue weighted by Crippen LogP contribution is -2.47. The summed E-state index contributed by atoms with van der Waals surface area (Å²) >= 11 is 0. The van der Waals surface area contributed by atoms with Gasteiger partial charge in [0.25, 0.3) is 0 Å². The Labute approximate surface area is 144 Å². The average Bonchev–Trinajstić information content (AvgIpc) is 2.61. The van der Waals surface area contributed by atoms with Gasteiger partial charge in [-0.2, -0.15) is 4.98 Å². The lowest BCUT2D eigenvalue weighted by atomic mass is 10.1. The maximum atomic E-state index is 4.71. The van der Waals surface area contributed by atoms with Gasteiger partial charge in [-0.25, -0.2) is 4.98 Å². The molecule has 1 aliphatic heterocycles. The van der Waals surface area contributed by atoms with Gasteiger partial charge in [0.2, 0.25) is 5.95 Å². The Morgan fingerprint density at radius 3 is 2.29 bits per heavy atom. The first kappa shape index (κ1) is 16.7. The number of anilines is 2. The van der Waals surface area contributed by atoms with E-state index in [0.29, 0.717) is 6.04 Å².